The predicted octanol–water partition coefficient (Wildman–Crippen LogP) is 5.69. The maximum Gasteiger partial charge on any atom is 0.243 e. The van der Waals surface area contributed by atoms with E-state index < -0.39 is 9.84 Å². The Balaban J connectivity index is 1.59. The second-order valence-corrected chi connectivity index (χ2v) is 10.1. The standard InChI is InChI=1S/C26H23ClN2O4S/c1-17-10-12-20(13-11-17)34(31,32)24-15-19(27)14-23(26(24)33-2)28-16-25(30)29-22-9-5-7-18-6-3-4-8-21(18)22/h3-15,28H,16H2,1-2H3,(H,29,30). The van der Waals surface area contributed by atoms with E-state index >= 15 is 0 Å². The largest absolute Gasteiger partial charge is 0.493 e. The molecule has 0 aliphatic rings. The first-order valence-electron chi connectivity index (χ1n) is 10.5. The number of sulfone groups is 1. The molecule has 0 atom stereocenters. The first kappa shape index (κ1) is 23.6. The van der Waals surface area contributed by atoms with Crippen molar-refractivity contribution in [3.63, 3.8) is 0 Å². The summed E-state index contributed by atoms with van der Waals surface area (Å²) in [6, 6.07) is 22.8. The second-order valence-electron chi connectivity index (χ2n) is 7.73. The normalized spacial score (nSPS) is 11.3. The molecule has 0 radical (unpaired) electrons. The molecule has 6 nitrogen and oxygen atoms in total. The number of amides is 1. The smallest absolute Gasteiger partial charge is 0.243 e. The number of carbonyl (C=O) groups is 1. The lowest BCUT2D eigenvalue weighted by Gasteiger charge is -2.16. The summed E-state index contributed by atoms with van der Waals surface area (Å²) in [7, 11) is -2.53. The zero-order valence-electron chi connectivity index (χ0n) is 18.6. The van der Waals surface area contributed by atoms with Gasteiger partial charge < -0.3 is 15.4 Å². The van der Waals surface area contributed by atoms with E-state index in [1.54, 1.807) is 12.1 Å². The number of nitrogens with one attached hydrogen (secondary N) is 2. The molecule has 4 rings (SSSR count). The van der Waals surface area contributed by atoms with E-state index in [1.807, 2.05) is 49.4 Å². The zero-order chi connectivity index (χ0) is 24.3. The fourth-order valence-corrected chi connectivity index (χ4v) is 5.41. The van der Waals surface area contributed by atoms with Gasteiger partial charge in [-0.2, -0.15) is 0 Å². The van der Waals surface area contributed by atoms with E-state index in [2.05, 4.69) is 10.6 Å². The fraction of sp³-hybridized carbons (Fsp3) is 0.115. The molecule has 0 aliphatic carbocycles. The van der Waals surface area contributed by atoms with E-state index in [9.17, 15) is 13.2 Å². The number of hydrogen-bond donors (Lipinski definition) is 2. The van der Waals surface area contributed by atoms with Crippen molar-refractivity contribution < 1.29 is 17.9 Å². The molecular weight excluding hydrogens is 472 g/mol. The summed E-state index contributed by atoms with van der Waals surface area (Å²) in [5.74, 6) is -0.218. The summed E-state index contributed by atoms with van der Waals surface area (Å²) in [6.45, 7) is 1.76. The molecule has 8 heteroatoms. The number of fused-ring (bicyclic) bond motifs is 1. The average Bonchev–Trinajstić information content (AvgIpc) is 2.83. The Morgan fingerprint density at radius 1 is 0.941 bits per heavy atom. The van der Waals surface area contributed by atoms with Crippen molar-refractivity contribution in [3.05, 3.63) is 89.4 Å². The van der Waals surface area contributed by atoms with Crippen LogP contribution in [0.3, 0.4) is 0 Å². The van der Waals surface area contributed by atoms with Crippen LogP contribution in [0.1, 0.15) is 5.56 Å². The Hall–Kier alpha value is -3.55. The van der Waals surface area contributed by atoms with Crippen LogP contribution >= 0.6 is 11.6 Å². The van der Waals surface area contributed by atoms with Gasteiger partial charge in [0.1, 0.15) is 4.90 Å². The van der Waals surface area contributed by atoms with Gasteiger partial charge in [0, 0.05) is 16.1 Å². The first-order chi connectivity index (χ1) is 16.3. The van der Waals surface area contributed by atoms with Crippen molar-refractivity contribution in [1.29, 1.82) is 0 Å². The Morgan fingerprint density at radius 2 is 1.65 bits per heavy atom. The van der Waals surface area contributed by atoms with Gasteiger partial charge in [-0.1, -0.05) is 65.7 Å². The number of benzene rings is 4. The molecule has 4 aromatic rings. The third-order valence-corrected chi connectivity index (χ3v) is 7.34. The molecule has 0 spiro atoms. The van der Waals surface area contributed by atoms with Crippen LogP contribution in [0.4, 0.5) is 11.4 Å². The Kier molecular flexibility index (Phi) is 6.77. The minimum absolute atomic E-state index is 0.0803. The highest BCUT2D eigenvalue weighted by atomic mass is 35.5. The lowest BCUT2D eigenvalue weighted by atomic mass is 10.1. The maximum atomic E-state index is 13.3. The molecular formula is C26H23ClN2O4S. The number of hydrogen-bond acceptors (Lipinski definition) is 5. The highest BCUT2D eigenvalue weighted by Gasteiger charge is 2.25. The highest BCUT2D eigenvalue weighted by Crippen LogP contribution is 2.38. The number of aryl methyl sites for hydroxylation is 1. The molecule has 1 amide bonds. The highest BCUT2D eigenvalue weighted by molar-refractivity contribution is 7.91. The second kappa shape index (κ2) is 9.75. The van der Waals surface area contributed by atoms with Crippen LogP contribution in [0, 0.1) is 6.92 Å². The van der Waals surface area contributed by atoms with E-state index in [4.69, 9.17) is 16.3 Å². The molecule has 34 heavy (non-hydrogen) atoms. The van der Waals surface area contributed by atoms with Crippen LogP contribution in [0.2, 0.25) is 5.02 Å². The minimum Gasteiger partial charge on any atom is -0.493 e. The number of carbonyl (C=O) groups excluding carboxylic acids is 1. The number of methoxy groups -OCH3 is 1. The number of halogens is 1. The van der Waals surface area contributed by atoms with Crippen LogP contribution in [-0.2, 0) is 14.6 Å². The van der Waals surface area contributed by atoms with Crippen LogP contribution in [0.5, 0.6) is 5.75 Å². The Labute approximate surface area is 203 Å². The number of rotatable bonds is 7. The van der Waals surface area contributed by atoms with E-state index in [0.29, 0.717) is 11.4 Å². The molecule has 0 saturated carbocycles. The lowest BCUT2D eigenvalue weighted by molar-refractivity contribution is -0.114. The molecule has 0 bridgehead atoms. The molecule has 0 unspecified atom stereocenters. The molecule has 0 heterocycles. The Morgan fingerprint density at radius 3 is 2.38 bits per heavy atom. The SMILES string of the molecule is COc1c(NCC(=O)Nc2cccc3ccccc23)cc(Cl)cc1S(=O)(=O)c1ccc(C)cc1. The van der Waals surface area contributed by atoms with Crippen LogP contribution in [0.25, 0.3) is 10.8 Å². The van der Waals surface area contributed by atoms with Gasteiger partial charge >= 0.3 is 0 Å². The number of anilines is 2. The summed E-state index contributed by atoms with van der Waals surface area (Å²) in [4.78, 5) is 12.7. The summed E-state index contributed by atoms with van der Waals surface area (Å²) in [5.41, 5.74) is 1.93. The molecule has 0 aromatic heterocycles. The third-order valence-electron chi connectivity index (χ3n) is 5.35. The first-order valence-corrected chi connectivity index (χ1v) is 12.4. The lowest BCUT2D eigenvalue weighted by Crippen LogP contribution is -2.22. The summed E-state index contributed by atoms with van der Waals surface area (Å²) < 4.78 is 32.0. The molecule has 2 N–H and O–H groups in total. The van der Waals surface area contributed by atoms with E-state index in [-0.39, 0.29) is 33.0 Å². The number of ether oxygens (including phenoxy) is 1. The van der Waals surface area contributed by atoms with Crippen molar-refractivity contribution in [3.8, 4) is 5.75 Å². The molecule has 0 saturated heterocycles. The molecule has 4 aromatic carbocycles. The van der Waals surface area contributed by atoms with Gasteiger partial charge in [-0.15, -0.1) is 0 Å². The zero-order valence-corrected chi connectivity index (χ0v) is 20.2. The van der Waals surface area contributed by atoms with Gasteiger partial charge in [0.05, 0.1) is 24.2 Å². The molecule has 174 valence electrons. The minimum atomic E-state index is -3.90. The maximum absolute atomic E-state index is 13.3. The average molecular weight is 495 g/mol. The van der Waals surface area contributed by atoms with Gasteiger partial charge in [-0.05, 0) is 42.6 Å². The third kappa shape index (κ3) is 4.85. The summed E-state index contributed by atoms with van der Waals surface area (Å²) in [6.07, 6.45) is 0. The van der Waals surface area contributed by atoms with E-state index in [0.717, 1.165) is 16.3 Å². The van der Waals surface area contributed by atoms with Crippen LogP contribution in [-0.4, -0.2) is 28.0 Å². The van der Waals surface area contributed by atoms with Crippen molar-refractivity contribution in [2.24, 2.45) is 0 Å². The van der Waals surface area contributed by atoms with Crippen molar-refractivity contribution in [2.75, 3.05) is 24.3 Å². The predicted molar refractivity (Wildman–Crippen MR) is 136 cm³/mol. The van der Waals surface area contributed by atoms with Gasteiger partial charge in [0.15, 0.2) is 5.75 Å². The Bertz CT molecular complexity index is 1460. The van der Waals surface area contributed by atoms with Crippen LogP contribution in [0.15, 0.2) is 88.7 Å². The van der Waals surface area contributed by atoms with Gasteiger partial charge in [-0.25, -0.2) is 8.42 Å². The van der Waals surface area contributed by atoms with Crippen molar-refractivity contribution >= 4 is 49.5 Å². The molecule has 0 fully saturated rings. The fourth-order valence-electron chi connectivity index (χ4n) is 3.66. The quantitative estimate of drug-likeness (QED) is 0.344. The van der Waals surface area contributed by atoms with Gasteiger partial charge in [0.2, 0.25) is 15.7 Å². The summed E-state index contributed by atoms with van der Waals surface area (Å²) >= 11 is 6.25. The van der Waals surface area contributed by atoms with Crippen molar-refractivity contribution in [1.82, 2.24) is 0 Å². The topological polar surface area (TPSA) is 84.5 Å². The summed E-state index contributed by atoms with van der Waals surface area (Å²) in [5, 5.41) is 7.98. The van der Waals surface area contributed by atoms with E-state index in [1.165, 1.54) is 31.4 Å². The van der Waals surface area contributed by atoms with Crippen LogP contribution < -0.4 is 15.4 Å². The monoisotopic (exact) mass is 494 g/mol. The van der Waals surface area contributed by atoms with Gasteiger partial charge in [-0.3, -0.25) is 4.79 Å². The molecule has 0 aliphatic heterocycles. The van der Waals surface area contributed by atoms with Crippen molar-refractivity contribution in [2.45, 2.75) is 16.7 Å². The van der Waals surface area contributed by atoms with Gasteiger partial charge in [0.25, 0.3) is 0 Å².